The number of aromatic nitrogens is 16. The first-order valence-corrected chi connectivity index (χ1v) is 20.4. The molecule has 0 atom stereocenters. The molecule has 0 fully saturated rings. The molecule has 33 heteroatoms. The van der Waals surface area contributed by atoms with Crippen LogP contribution in [-0.4, -0.2) is 114 Å². The number of rotatable bonds is 6. The molecule has 0 radical (unpaired) electrons. The van der Waals surface area contributed by atoms with Crippen LogP contribution in [0.3, 0.4) is 0 Å². The van der Waals surface area contributed by atoms with E-state index in [4.69, 9.17) is 21.8 Å². The Hall–Kier alpha value is -5.83. The second-order valence-electron chi connectivity index (χ2n) is 11.1. The second-order valence-corrected chi connectivity index (χ2v) is 18.1. The average molecular weight is 959 g/mol. The van der Waals surface area contributed by atoms with Gasteiger partial charge in [0.25, 0.3) is 11.1 Å². The summed E-state index contributed by atoms with van der Waals surface area (Å²) >= 11 is 19.1. The predicted molar refractivity (Wildman–Crippen MR) is 214 cm³/mol. The fraction of sp³-hybridized carbons (Fsp3) is 0.296. The van der Waals surface area contributed by atoms with Crippen molar-refractivity contribution in [3.8, 4) is 11.6 Å². The maximum atomic E-state index is 11.7. The first-order valence-electron chi connectivity index (χ1n) is 15.7. The van der Waals surface area contributed by atoms with Crippen LogP contribution in [-0.2, 0) is 35.3 Å². The zero-order valence-corrected chi connectivity index (χ0v) is 36.2. The molecule has 0 aliphatic carbocycles. The van der Waals surface area contributed by atoms with Crippen molar-refractivity contribution in [2.75, 3.05) is 13.1 Å². The van der Waals surface area contributed by atoms with E-state index in [9.17, 15) is 38.1 Å². The van der Waals surface area contributed by atoms with Gasteiger partial charge >= 0.3 is 22.3 Å². The van der Waals surface area contributed by atoms with Crippen molar-refractivity contribution in [1.29, 1.82) is 0 Å². The molecule has 0 saturated carbocycles. The standard InChI is InChI=1S/C9H10N6O3.C9H8N6O2.C6H4ClN5O2.C3H7NO.Cl3OP.ClH/c1-5(16)3-10-8(17)6-7-12-13-14(2)9(18)15(7)4-11-6;1-5-3-10-8(17-5)6-7-12-13-14(2)9(16)15(7)4-11-6;1-11-6(14)12-2-8-3(4(7)13)5(12)9-10-11;1-3(5)2-4;1-5(2,3)4;/h4H,3H2,1-2H3,(H,10,17);3-4H,1-2H3;2H,1H3;2,4H2,1H3;;1H. The Labute approximate surface area is 359 Å². The Morgan fingerprint density at radius 1 is 0.733 bits per heavy atom. The first kappa shape index (κ1) is 50.3. The molecular weight excluding hydrogens is 929 g/mol. The van der Waals surface area contributed by atoms with Crippen molar-refractivity contribution >= 4 is 103 Å². The molecule has 1 amide bonds. The van der Waals surface area contributed by atoms with Gasteiger partial charge in [-0.05, 0) is 66.1 Å². The molecular formula is C27H30Cl5N18O9P. The fourth-order valence-corrected chi connectivity index (χ4v) is 3.98. The highest BCUT2D eigenvalue weighted by Gasteiger charge is 2.18. The van der Waals surface area contributed by atoms with Crippen molar-refractivity contribution in [2.24, 2.45) is 26.9 Å². The summed E-state index contributed by atoms with van der Waals surface area (Å²) in [6, 6.07) is 0. The molecule has 0 bridgehead atoms. The van der Waals surface area contributed by atoms with Gasteiger partial charge < -0.3 is 15.5 Å². The van der Waals surface area contributed by atoms with E-state index >= 15 is 0 Å². The summed E-state index contributed by atoms with van der Waals surface area (Å²) in [4.78, 5) is 93.3. The van der Waals surface area contributed by atoms with Crippen molar-refractivity contribution in [3.05, 3.63) is 73.8 Å². The smallest absolute Gasteiger partial charge is 0.352 e. The number of carbonyl (C=O) groups excluding carboxylic acids is 4. The number of fused-ring (bicyclic) bond motifs is 3. The number of nitrogens with two attached hydrogens (primary N) is 1. The lowest BCUT2D eigenvalue weighted by Gasteiger charge is -2.00. The number of nitrogens with one attached hydrogen (secondary N) is 1. The van der Waals surface area contributed by atoms with Crippen LogP contribution in [0.25, 0.3) is 28.5 Å². The number of Topliss-reactive ketones (excluding diaryl/α,β-unsaturated/α-hetero) is 2. The Bertz CT molecular complexity index is 2890. The molecule has 0 aliphatic heterocycles. The van der Waals surface area contributed by atoms with Gasteiger partial charge in [0.1, 0.15) is 36.3 Å². The molecule has 7 aromatic heterocycles. The van der Waals surface area contributed by atoms with Gasteiger partial charge in [-0.3, -0.25) is 23.7 Å². The van der Waals surface area contributed by atoms with Crippen molar-refractivity contribution in [2.45, 2.75) is 20.8 Å². The highest BCUT2D eigenvalue weighted by molar-refractivity contribution is 8.24. The average Bonchev–Trinajstić information content (AvgIpc) is 3.98. The minimum atomic E-state index is -3.22. The van der Waals surface area contributed by atoms with E-state index in [0.717, 1.165) is 22.8 Å². The Kier molecular flexibility index (Phi) is 18.4. The molecule has 0 saturated heterocycles. The molecule has 7 aromatic rings. The summed E-state index contributed by atoms with van der Waals surface area (Å²) in [7, 11) is 4.39. The monoisotopic (exact) mass is 956 g/mol. The van der Waals surface area contributed by atoms with Crippen LogP contribution >= 0.6 is 62.9 Å². The number of hydrogen-bond acceptors (Lipinski definition) is 20. The minimum absolute atomic E-state index is 0. The lowest BCUT2D eigenvalue weighted by Crippen LogP contribution is -2.30. The number of amides is 1. The van der Waals surface area contributed by atoms with Crippen LogP contribution < -0.4 is 28.1 Å². The van der Waals surface area contributed by atoms with Gasteiger partial charge in [0, 0.05) is 21.1 Å². The lowest BCUT2D eigenvalue weighted by atomic mass is 10.4. The summed E-state index contributed by atoms with van der Waals surface area (Å²) in [6.07, 6.45) is 5.33. The largest absolute Gasteiger partial charge is 0.440 e. The van der Waals surface area contributed by atoms with Crippen molar-refractivity contribution in [1.82, 2.24) is 83.4 Å². The SMILES string of the molecule is CC(=O)CN.CC(=O)CNC(=O)c1ncn2c(=O)n(C)nnc12.Cc1cnc(-c2ncn3c(=O)n(C)nnc23)o1.Cl.Cn1nnc2c(C(=O)Cl)ncn2c1=O.O=P(Cl)(Cl)Cl. The fourth-order valence-electron chi connectivity index (χ4n) is 3.85. The maximum absolute atomic E-state index is 11.7. The molecule has 0 spiro atoms. The van der Waals surface area contributed by atoms with Gasteiger partial charge in [-0.25, -0.2) is 47.5 Å². The van der Waals surface area contributed by atoms with Gasteiger partial charge in [-0.2, -0.15) is 14.0 Å². The Balaban J connectivity index is 0.000000278. The maximum Gasteiger partial charge on any atom is 0.352 e. The molecule has 0 aromatic carbocycles. The Morgan fingerprint density at radius 3 is 1.53 bits per heavy atom. The number of carbonyl (C=O) groups is 4. The summed E-state index contributed by atoms with van der Waals surface area (Å²) in [5.74, 6) is 0.264. The summed E-state index contributed by atoms with van der Waals surface area (Å²) in [5, 5.41) is 20.4. The zero-order valence-electron chi connectivity index (χ0n) is 31.5. The van der Waals surface area contributed by atoms with Crippen molar-refractivity contribution < 1.29 is 28.2 Å². The highest BCUT2D eigenvalue weighted by Crippen LogP contribution is 2.61. The first-order chi connectivity index (χ1) is 27.5. The van der Waals surface area contributed by atoms with Crippen LogP contribution in [0.5, 0.6) is 0 Å². The number of hydrogen-bond donors (Lipinski definition) is 2. The Morgan fingerprint density at radius 2 is 1.13 bits per heavy atom. The van der Waals surface area contributed by atoms with Crippen LogP contribution in [0.4, 0.5) is 0 Å². The van der Waals surface area contributed by atoms with E-state index in [0.29, 0.717) is 23.0 Å². The third kappa shape index (κ3) is 13.6. The van der Waals surface area contributed by atoms with E-state index in [2.05, 4.69) is 89.9 Å². The number of ketones is 2. The van der Waals surface area contributed by atoms with E-state index in [1.54, 1.807) is 13.1 Å². The van der Waals surface area contributed by atoms with E-state index in [1.807, 2.05) is 0 Å². The molecule has 3 N–H and O–H groups in total. The molecule has 0 unspecified atom stereocenters. The third-order valence-electron chi connectivity index (χ3n) is 6.51. The second kappa shape index (κ2) is 22.0. The minimum Gasteiger partial charge on any atom is -0.440 e. The molecule has 7 heterocycles. The zero-order chi connectivity index (χ0) is 44.4. The van der Waals surface area contributed by atoms with E-state index in [-0.39, 0.29) is 65.4 Å². The van der Waals surface area contributed by atoms with Gasteiger partial charge in [0.05, 0.1) is 19.3 Å². The lowest BCUT2D eigenvalue weighted by molar-refractivity contribution is -0.116. The molecule has 60 heavy (non-hydrogen) atoms. The van der Waals surface area contributed by atoms with E-state index < -0.39 is 27.7 Å². The number of imidazole rings is 3. The number of aryl methyl sites for hydroxylation is 4. The summed E-state index contributed by atoms with van der Waals surface area (Å²) in [5.41, 5.74) is 4.34. The predicted octanol–water partition coefficient (Wildman–Crippen LogP) is -0.103. The van der Waals surface area contributed by atoms with Gasteiger partial charge in [0.15, 0.2) is 34.0 Å². The van der Waals surface area contributed by atoms with Crippen LogP contribution in [0, 0.1) is 6.92 Å². The number of halogens is 5. The third-order valence-corrected chi connectivity index (χ3v) is 6.69. The van der Waals surface area contributed by atoms with E-state index in [1.165, 1.54) is 58.4 Å². The van der Waals surface area contributed by atoms with Crippen LogP contribution in [0.15, 0.2) is 44.0 Å². The van der Waals surface area contributed by atoms with Gasteiger partial charge in [0.2, 0.25) is 5.89 Å². The normalized spacial score (nSPS) is 10.4. The topological polar surface area (TPSA) is 345 Å². The highest BCUT2D eigenvalue weighted by atomic mass is 36.0. The van der Waals surface area contributed by atoms with Crippen molar-refractivity contribution in [3.63, 3.8) is 0 Å². The molecule has 0 aliphatic rings. The molecule has 27 nitrogen and oxygen atoms in total. The number of oxazole rings is 1. The molecule has 7 rings (SSSR count). The summed E-state index contributed by atoms with van der Waals surface area (Å²) in [6.45, 7) is 4.65. The molecule has 322 valence electrons. The van der Waals surface area contributed by atoms with Gasteiger partial charge in [-0.15, -0.1) is 27.7 Å². The summed E-state index contributed by atoms with van der Waals surface area (Å²) < 4.78 is 21.5. The van der Waals surface area contributed by atoms with Crippen LogP contribution in [0.2, 0.25) is 0 Å². The number of nitrogens with zero attached hydrogens (tertiary/aromatic N) is 16. The van der Waals surface area contributed by atoms with Gasteiger partial charge in [-0.1, -0.05) is 15.6 Å². The quantitative estimate of drug-likeness (QED) is 0.162. The van der Waals surface area contributed by atoms with Crippen LogP contribution in [0.1, 0.15) is 40.6 Å².